The first-order chi connectivity index (χ1) is 10.4. The molecule has 6 heteroatoms. The topological polar surface area (TPSA) is 54.4 Å². The van der Waals surface area contributed by atoms with Crippen LogP contribution in [-0.4, -0.2) is 11.3 Å². The maximum atomic E-state index is 12.8. The van der Waals surface area contributed by atoms with E-state index in [0.717, 1.165) is 11.6 Å². The SMILES string of the molecule is O=C=O.Oc1ccc(CCc2ccccc2)c(C(F)(F)F)c1. The molecule has 1 N–H and O–H groups in total. The third-order valence-corrected chi connectivity index (χ3v) is 2.92. The lowest BCUT2D eigenvalue weighted by Crippen LogP contribution is -2.09. The van der Waals surface area contributed by atoms with Gasteiger partial charge in [0.25, 0.3) is 0 Å². The number of hydrogen-bond donors (Lipinski definition) is 1. The highest BCUT2D eigenvalue weighted by Gasteiger charge is 2.33. The number of aromatic hydroxyl groups is 1. The Kier molecular flexibility index (Phi) is 6.35. The van der Waals surface area contributed by atoms with E-state index in [9.17, 15) is 18.3 Å². The van der Waals surface area contributed by atoms with Crippen molar-refractivity contribution in [3.05, 3.63) is 65.2 Å². The summed E-state index contributed by atoms with van der Waals surface area (Å²) in [5.41, 5.74) is 0.432. The van der Waals surface area contributed by atoms with Crippen LogP contribution in [0.25, 0.3) is 0 Å². The van der Waals surface area contributed by atoms with E-state index in [2.05, 4.69) is 0 Å². The number of rotatable bonds is 3. The van der Waals surface area contributed by atoms with Crippen LogP contribution in [0.4, 0.5) is 13.2 Å². The van der Waals surface area contributed by atoms with Gasteiger partial charge >= 0.3 is 12.3 Å². The molecule has 0 saturated carbocycles. The van der Waals surface area contributed by atoms with Crippen molar-refractivity contribution in [2.75, 3.05) is 0 Å². The summed E-state index contributed by atoms with van der Waals surface area (Å²) < 4.78 is 38.5. The van der Waals surface area contributed by atoms with Gasteiger partial charge in [-0.05, 0) is 36.1 Å². The van der Waals surface area contributed by atoms with E-state index in [-0.39, 0.29) is 17.5 Å². The Morgan fingerprint density at radius 3 is 2.09 bits per heavy atom. The summed E-state index contributed by atoms with van der Waals surface area (Å²) in [5, 5.41) is 9.19. The van der Waals surface area contributed by atoms with Crippen LogP contribution < -0.4 is 0 Å². The molecule has 0 bridgehead atoms. The number of halogens is 3. The van der Waals surface area contributed by atoms with Crippen LogP contribution in [0.15, 0.2) is 48.5 Å². The van der Waals surface area contributed by atoms with Crippen molar-refractivity contribution >= 4 is 6.15 Å². The maximum Gasteiger partial charge on any atom is 0.416 e. The molecule has 0 aliphatic heterocycles. The molecule has 0 aliphatic rings. The Labute approximate surface area is 125 Å². The maximum absolute atomic E-state index is 12.8. The molecule has 2 aromatic rings. The molecule has 0 fully saturated rings. The molecule has 0 amide bonds. The highest BCUT2D eigenvalue weighted by molar-refractivity contribution is 5.37. The number of alkyl halides is 3. The van der Waals surface area contributed by atoms with Gasteiger partial charge in [-0.1, -0.05) is 36.4 Å². The van der Waals surface area contributed by atoms with Gasteiger partial charge in [0.1, 0.15) is 5.75 Å². The van der Waals surface area contributed by atoms with Gasteiger partial charge in [0.05, 0.1) is 5.56 Å². The molecule has 22 heavy (non-hydrogen) atoms. The predicted octanol–water partition coefficient (Wildman–Crippen LogP) is 3.61. The number of phenols is 1. The molecule has 0 spiro atoms. The zero-order valence-electron chi connectivity index (χ0n) is 11.4. The Balaban J connectivity index is 0.000000745. The molecule has 0 atom stereocenters. The van der Waals surface area contributed by atoms with Gasteiger partial charge in [-0.15, -0.1) is 0 Å². The Morgan fingerprint density at radius 2 is 1.55 bits per heavy atom. The Morgan fingerprint density at radius 1 is 0.955 bits per heavy atom. The highest BCUT2D eigenvalue weighted by Crippen LogP contribution is 2.34. The van der Waals surface area contributed by atoms with E-state index >= 15 is 0 Å². The van der Waals surface area contributed by atoms with Gasteiger partial charge in [-0.3, -0.25) is 0 Å². The number of hydrogen-bond acceptors (Lipinski definition) is 3. The zero-order chi connectivity index (χ0) is 16.6. The van der Waals surface area contributed by atoms with Gasteiger partial charge < -0.3 is 5.11 Å². The zero-order valence-corrected chi connectivity index (χ0v) is 11.4. The lowest BCUT2D eigenvalue weighted by atomic mass is 9.99. The van der Waals surface area contributed by atoms with Crippen LogP contribution in [-0.2, 0) is 28.6 Å². The summed E-state index contributed by atoms with van der Waals surface area (Å²) in [6, 6.07) is 12.7. The number of phenolic OH excluding ortho intramolecular Hbond substituents is 1. The van der Waals surface area contributed by atoms with E-state index in [4.69, 9.17) is 9.59 Å². The summed E-state index contributed by atoms with van der Waals surface area (Å²) in [5.74, 6) is -0.365. The second-order valence-corrected chi connectivity index (χ2v) is 4.41. The molecule has 0 saturated heterocycles. The summed E-state index contributed by atoms with van der Waals surface area (Å²) in [7, 11) is 0. The molecule has 0 aliphatic carbocycles. The van der Waals surface area contributed by atoms with Gasteiger partial charge in [0.2, 0.25) is 0 Å². The van der Waals surface area contributed by atoms with Crippen LogP contribution in [0.2, 0.25) is 0 Å². The molecule has 0 aromatic heterocycles. The van der Waals surface area contributed by atoms with E-state index < -0.39 is 11.7 Å². The number of carbonyl (C=O) groups excluding carboxylic acids is 2. The fourth-order valence-electron chi connectivity index (χ4n) is 1.97. The molecular weight excluding hydrogens is 297 g/mol. The monoisotopic (exact) mass is 310 g/mol. The summed E-state index contributed by atoms with van der Waals surface area (Å²) in [6.45, 7) is 0. The summed E-state index contributed by atoms with van der Waals surface area (Å²) in [6.07, 6.45) is -3.36. The molecular formula is C16H13F3O3. The van der Waals surface area contributed by atoms with Crippen LogP contribution >= 0.6 is 0 Å². The Hall–Kier alpha value is -2.59. The van der Waals surface area contributed by atoms with Crippen molar-refractivity contribution in [3.63, 3.8) is 0 Å². The lowest BCUT2D eigenvalue weighted by molar-refractivity contribution is -0.191. The predicted molar refractivity (Wildman–Crippen MR) is 72.0 cm³/mol. The van der Waals surface area contributed by atoms with Crippen molar-refractivity contribution in [2.24, 2.45) is 0 Å². The first-order valence-corrected chi connectivity index (χ1v) is 6.30. The largest absolute Gasteiger partial charge is 0.508 e. The van der Waals surface area contributed by atoms with Crippen LogP contribution in [0.1, 0.15) is 16.7 Å². The smallest absolute Gasteiger partial charge is 0.416 e. The van der Waals surface area contributed by atoms with Gasteiger partial charge in [0, 0.05) is 0 Å². The second-order valence-electron chi connectivity index (χ2n) is 4.41. The molecule has 0 radical (unpaired) electrons. The van der Waals surface area contributed by atoms with E-state index in [1.54, 1.807) is 0 Å². The van der Waals surface area contributed by atoms with Crippen molar-refractivity contribution < 1.29 is 27.9 Å². The minimum Gasteiger partial charge on any atom is -0.508 e. The quantitative estimate of drug-likeness (QED) is 0.942. The van der Waals surface area contributed by atoms with E-state index in [1.165, 1.54) is 12.1 Å². The van der Waals surface area contributed by atoms with Crippen LogP contribution in [0.3, 0.4) is 0 Å². The fourth-order valence-corrected chi connectivity index (χ4v) is 1.97. The normalized spacial score (nSPS) is 10.3. The van der Waals surface area contributed by atoms with E-state index in [1.807, 2.05) is 30.3 Å². The van der Waals surface area contributed by atoms with Gasteiger partial charge in [-0.2, -0.15) is 22.8 Å². The van der Waals surface area contributed by atoms with Gasteiger partial charge in [-0.25, -0.2) is 0 Å². The van der Waals surface area contributed by atoms with Crippen molar-refractivity contribution in [1.29, 1.82) is 0 Å². The fraction of sp³-hybridized carbons (Fsp3) is 0.188. The number of benzene rings is 2. The minimum absolute atomic E-state index is 0.203. The van der Waals surface area contributed by atoms with Crippen molar-refractivity contribution in [1.82, 2.24) is 0 Å². The van der Waals surface area contributed by atoms with Gasteiger partial charge in [0.15, 0.2) is 0 Å². The summed E-state index contributed by atoms with van der Waals surface area (Å²) >= 11 is 0. The first kappa shape index (κ1) is 17.5. The average molecular weight is 310 g/mol. The number of aryl methyl sites for hydroxylation is 2. The molecule has 0 heterocycles. The molecule has 2 rings (SSSR count). The molecule has 0 unspecified atom stereocenters. The highest BCUT2D eigenvalue weighted by atomic mass is 19.4. The molecule has 116 valence electrons. The standard InChI is InChI=1S/C15H13F3O.CO2/c16-15(17,18)14-10-13(19)9-8-12(14)7-6-11-4-2-1-3-5-11;2-1-3/h1-5,8-10,19H,6-7H2;. The molecule has 2 aromatic carbocycles. The third-order valence-electron chi connectivity index (χ3n) is 2.92. The van der Waals surface area contributed by atoms with Crippen molar-refractivity contribution in [3.8, 4) is 5.75 Å². The van der Waals surface area contributed by atoms with Crippen LogP contribution in [0.5, 0.6) is 5.75 Å². The minimum atomic E-state index is -4.44. The van der Waals surface area contributed by atoms with Crippen molar-refractivity contribution in [2.45, 2.75) is 19.0 Å². The summed E-state index contributed by atoms with van der Waals surface area (Å²) in [4.78, 5) is 16.2. The average Bonchev–Trinajstić information content (AvgIpc) is 2.47. The Bertz CT molecular complexity index is 631. The first-order valence-electron chi connectivity index (χ1n) is 6.30. The second kappa shape index (κ2) is 8.00. The van der Waals surface area contributed by atoms with E-state index in [0.29, 0.717) is 12.8 Å². The molecule has 3 nitrogen and oxygen atoms in total. The lowest BCUT2D eigenvalue weighted by Gasteiger charge is -2.13. The van der Waals surface area contributed by atoms with Crippen LogP contribution in [0, 0.1) is 0 Å². The third kappa shape index (κ3) is 5.42.